The first kappa shape index (κ1) is 13.7. The Morgan fingerprint density at radius 3 is 2.53 bits per heavy atom. The Balaban J connectivity index is 3.49. The van der Waals surface area contributed by atoms with Crippen LogP contribution in [0.3, 0.4) is 0 Å². The van der Waals surface area contributed by atoms with E-state index >= 15 is 0 Å². The van der Waals surface area contributed by atoms with Gasteiger partial charge >= 0.3 is 5.97 Å². The zero-order chi connectivity index (χ0) is 11.5. The van der Waals surface area contributed by atoms with E-state index in [4.69, 9.17) is 5.11 Å². The molecule has 0 saturated carbocycles. The highest BCUT2D eigenvalue weighted by atomic mass is 16.4. The largest absolute Gasteiger partial charge is 0.480 e. The predicted octanol–water partition coefficient (Wildman–Crippen LogP) is 1.71. The lowest BCUT2D eigenvalue weighted by Gasteiger charge is -2.10. The lowest BCUT2D eigenvalue weighted by atomic mass is 10.1. The average molecular weight is 213 g/mol. The summed E-state index contributed by atoms with van der Waals surface area (Å²) < 4.78 is 0. The third-order valence-corrected chi connectivity index (χ3v) is 2.22. The number of aliphatic carboxylic acids is 1. The molecule has 0 unspecified atom stereocenters. The maximum Gasteiger partial charge on any atom is 0.326 e. The molecule has 0 aliphatic carbocycles. The summed E-state index contributed by atoms with van der Waals surface area (Å²) in [5.41, 5.74) is 0. The zero-order valence-corrected chi connectivity index (χ0v) is 8.95. The van der Waals surface area contributed by atoms with Gasteiger partial charge in [-0.3, -0.25) is 4.79 Å². The Morgan fingerprint density at radius 1 is 1.33 bits per heavy atom. The molecule has 4 heteroatoms. The molecule has 0 aromatic heterocycles. The molecule has 1 atom stereocenters. The SMILES string of the molecule is C=CCCCCCC[C@H](NC=O)C(=O)O. The Labute approximate surface area is 90.4 Å². The van der Waals surface area contributed by atoms with E-state index in [-0.39, 0.29) is 0 Å². The zero-order valence-electron chi connectivity index (χ0n) is 8.95. The van der Waals surface area contributed by atoms with Crippen molar-refractivity contribution in [3.8, 4) is 0 Å². The minimum Gasteiger partial charge on any atom is -0.480 e. The first-order valence-electron chi connectivity index (χ1n) is 5.25. The number of hydrogen-bond donors (Lipinski definition) is 2. The van der Waals surface area contributed by atoms with Crippen LogP contribution in [0.1, 0.15) is 38.5 Å². The van der Waals surface area contributed by atoms with Gasteiger partial charge in [-0.15, -0.1) is 6.58 Å². The number of hydrogen-bond acceptors (Lipinski definition) is 2. The second-order valence-corrected chi connectivity index (χ2v) is 3.46. The third kappa shape index (κ3) is 7.73. The first-order valence-corrected chi connectivity index (χ1v) is 5.25. The van der Waals surface area contributed by atoms with E-state index in [9.17, 15) is 9.59 Å². The number of rotatable bonds is 10. The number of carbonyl (C=O) groups is 2. The summed E-state index contributed by atoms with van der Waals surface area (Å²) in [6.07, 6.45) is 7.84. The van der Waals surface area contributed by atoms with Crippen molar-refractivity contribution >= 4 is 12.4 Å². The van der Waals surface area contributed by atoms with Crippen molar-refractivity contribution in [1.29, 1.82) is 0 Å². The van der Waals surface area contributed by atoms with E-state index in [0.29, 0.717) is 12.8 Å². The summed E-state index contributed by atoms with van der Waals surface area (Å²) in [5, 5.41) is 11.0. The normalized spacial score (nSPS) is 11.7. The molecule has 0 rings (SSSR count). The molecule has 0 aromatic carbocycles. The second-order valence-electron chi connectivity index (χ2n) is 3.46. The van der Waals surface area contributed by atoms with Crippen LogP contribution in [0.5, 0.6) is 0 Å². The summed E-state index contributed by atoms with van der Waals surface area (Å²) >= 11 is 0. The predicted molar refractivity (Wildman–Crippen MR) is 58.5 cm³/mol. The fraction of sp³-hybridized carbons (Fsp3) is 0.636. The molecule has 15 heavy (non-hydrogen) atoms. The lowest BCUT2D eigenvalue weighted by molar-refractivity contribution is -0.140. The molecule has 2 N–H and O–H groups in total. The maximum absolute atomic E-state index is 10.6. The standard InChI is InChI=1S/C11H19NO3/c1-2-3-4-5-6-7-8-10(11(14)15)12-9-13/h2,9-10H,1,3-8H2,(H,12,13)(H,14,15)/t10-/m0/s1. The highest BCUT2D eigenvalue weighted by Gasteiger charge is 2.14. The molecule has 0 bridgehead atoms. The number of allylic oxidation sites excluding steroid dienone is 1. The summed E-state index contributed by atoms with van der Waals surface area (Å²) in [7, 11) is 0. The molecule has 86 valence electrons. The number of carboxylic acid groups (broad SMARTS) is 1. The highest BCUT2D eigenvalue weighted by molar-refractivity contribution is 5.76. The number of carbonyl (C=O) groups excluding carboxylic acids is 1. The van der Waals surface area contributed by atoms with Crippen LogP contribution in [0.25, 0.3) is 0 Å². The van der Waals surface area contributed by atoms with Gasteiger partial charge in [0.2, 0.25) is 6.41 Å². The molecule has 0 radical (unpaired) electrons. The molecule has 0 heterocycles. The van der Waals surface area contributed by atoms with Crippen LogP contribution in [-0.2, 0) is 9.59 Å². The fourth-order valence-corrected chi connectivity index (χ4v) is 1.35. The van der Waals surface area contributed by atoms with E-state index in [1.807, 2.05) is 6.08 Å². The van der Waals surface area contributed by atoms with Gasteiger partial charge in [0.25, 0.3) is 0 Å². The number of nitrogens with one attached hydrogen (secondary N) is 1. The summed E-state index contributed by atoms with van der Waals surface area (Å²) in [5.74, 6) is -0.965. The molecule has 0 fully saturated rings. The molecular formula is C11H19NO3. The highest BCUT2D eigenvalue weighted by Crippen LogP contribution is 2.07. The summed E-state index contributed by atoms with van der Waals surface area (Å²) in [6.45, 7) is 3.63. The van der Waals surface area contributed by atoms with Crippen molar-refractivity contribution in [1.82, 2.24) is 5.32 Å². The maximum atomic E-state index is 10.6. The topological polar surface area (TPSA) is 66.4 Å². The smallest absolute Gasteiger partial charge is 0.326 e. The molecule has 0 aromatic rings. The second kappa shape index (κ2) is 9.24. The van der Waals surface area contributed by atoms with Gasteiger partial charge in [0.15, 0.2) is 0 Å². The van der Waals surface area contributed by atoms with Crippen molar-refractivity contribution in [2.75, 3.05) is 0 Å². The van der Waals surface area contributed by atoms with Crippen LogP contribution in [0.15, 0.2) is 12.7 Å². The van der Waals surface area contributed by atoms with Gasteiger partial charge in [-0.05, 0) is 19.3 Å². The molecule has 0 spiro atoms. The number of unbranched alkanes of at least 4 members (excludes halogenated alkanes) is 4. The van der Waals surface area contributed by atoms with Crippen LogP contribution >= 0.6 is 0 Å². The van der Waals surface area contributed by atoms with Crippen molar-refractivity contribution in [3.63, 3.8) is 0 Å². The van der Waals surface area contributed by atoms with Crippen LogP contribution in [0.2, 0.25) is 0 Å². The number of carboxylic acids is 1. The molecule has 0 aliphatic heterocycles. The quantitative estimate of drug-likeness (QED) is 0.330. The van der Waals surface area contributed by atoms with Crippen molar-refractivity contribution in [3.05, 3.63) is 12.7 Å². The van der Waals surface area contributed by atoms with Crippen LogP contribution in [-0.4, -0.2) is 23.5 Å². The minimum atomic E-state index is -0.965. The Hall–Kier alpha value is -1.32. The average Bonchev–Trinajstić information content (AvgIpc) is 2.21. The van der Waals surface area contributed by atoms with Gasteiger partial charge in [0.1, 0.15) is 6.04 Å². The molecule has 4 nitrogen and oxygen atoms in total. The number of amides is 1. The first-order chi connectivity index (χ1) is 7.22. The molecular weight excluding hydrogens is 194 g/mol. The summed E-state index contributed by atoms with van der Waals surface area (Å²) in [4.78, 5) is 20.7. The monoisotopic (exact) mass is 213 g/mol. The van der Waals surface area contributed by atoms with Gasteiger partial charge < -0.3 is 10.4 Å². The third-order valence-electron chi connectivity index (χ3n) is 2.22. The van der Waals surface area contributed by atoms with Crippen molar-refractivity contribution < 1.29 is 14.7 Å². The summed E-state index contributed by atoms with van der Waals surface area (Å²) in [6, 6.07) is -0.734. The molecule has 0 saturated heterocycles. The van der Waals surface area contributed by atoms with E-state index in [0.717, 1.165) is 32.1 Å². The van der Waals surface area contributed by atoms with E-state index < -0.39 is 12.0 Å². The van der Waals surface area contributed by atoms with Crippen LogP contribution in [0.4, 0.5) is 0 Å². The van der Waals surface area contributed by atoms with Gasteiger partial charge in [-0.25, -0.2) is 4.79 Å². The molecule has 0 aliphatic rings. The Bertz CT molecular complexity index is 204. The van der Waals surface area contributed by atoms with Crippen LogP contribution < -0.4 is 5.32 Å². The van der Waals surface area contributed by atoms with E-state index in [1.54, 1.807) is 0 Å². The van der Waals surface area contributed by atoms with Crippen LogP contribution in [0, 0.1) is 0 Å². The van der Waals surface area contributed by atoms with Crippen molar-refractivity contribution in [2.24, 2.45) is 0 Å². The van der Waals surface area contributed by atoms with E-state index in [2.05, 4.69) is 11.9 Å². The Morgan fingerprint density at radius 2 is 2.00 bits per heavy atom. The van der Waals surface area contributed by atoms with Crippen molar-refractivity contribution in [2.45, 2.75) is 44.6 Å². The van der Waals surface area contributed by atoms with Gasteiger partial charge in [-0.2, -0.15) is 0 Å². The van der Waals surface area contributed by atoms with Gasteiger partial charge in [0.05, 0.1) is 0 Å². The lowest BCUT2D eigenvalue weighted by Crippen LogP contribution is -2.35. The molecule has 1 amide bonds. The van der Waals surface area contributed by atoms with E-state index in [1.165, 1.54) is 0 Å². The minimum absolute atomic E-state index is 0.441. The Kier molecular flexibility index (Phi) is 8.43. The van der Waals surface area contributed by atoms with Gasteiger partial charge in [0, 0.05) is 0 Å². The van der Waals surface area contributed by atoms with Gasteiger partial charge in [-0.1, -0.05) is 25.3 Å². The fourth-order valence-electron chi connectivity index (χ4n) is 1.35.